The molecular weight excluding hydrogens is 375 g/mol. The highest BCUT2D eigenvalue weighted by atomic mass is 127. The van der Waals surface area contributed by atoms with Crippen molar-refractivity contribution in [3.8, 4) is 0 Å². The zero-order valence-electron chi connectivity index (χ0n) is 11.1. The summed E-state index contributed by atoms with van der Waals surface area (Å²) in [5.41, 5.74) is 1.06. The topological polar surface area (TPSA) is 34.6 Å². The minimum absolute atomic E-state index is 0.692. The van der Waals surface area contributed by atoms with Gasteiger partial charge in [0.1, 0.15) is 0 Å². The van der Waals surface area contributed by atoms with Gasteiger partial charge in [0.25, 0.3) is 0 Å². The lowest BCUT2D eigenvalue weighted by atomic mass is 10.3. The number of fused-ring (bicyclic) bond motifs is 1. The number of hydrogen-bond acceptors (Lipinski definition) is 5. The minimum Gasteiger partial charge on any atom is -0.383 e. The summed E-state index contributed by atoms with van der Waals surface area (Å²) in [5, 5.41) is 1.03. The van der Waals surface area contributed by atoms with Gasteiger partial charge in [-0.2, -0.15) is 0 Å². The van der Waals surface area contributed by atoms with Crippen LogP contribution in [0, 0.1) is 3.57 Å². The molecule has 0 unspecified atom stereocenters. The van der Waals surface area contributed by atoms with Gasteiger partial charge in [-0.15, -0.1) is 0 Å². The number of aromatic nitrogens is 1. The minimum atomic E-state index is 0.692. The molecule has 0 saturated heterocycles. The summed E-state index contributed by atoms with van der Waals surface area (Å²) in [4.78, 5) is 6.90. The molecule has 4 nitrogen and oxygen atoms in total. The van der Waals surface area contributed by atoms with Crippen LogP contribution in [-0.2, 0) is 9.47 Å². The Balaban J connectivity index is 2.21. The second-order valence-electron chi connectivity index (χ2n) is 4.08. The van der Waals surface area contributed by atoms with E-state index in [1.54, 1.807) is 25.6 Å². The molecule has 0 spiro atoms. The zero-order chi connectivity index (χ0) is 13.7. The Morgan fingerprint density at radius 3 is 2.53 bits per heavy atom. The van der Waals surface area contributed by atoms with Crippen molar-refractivity contribution in [2.75, 3.05) is 45.4 Å². The summed E-state index contributed by atoms with van der Waals surface area (Å²) in [5.74, 6) is 0. The smallest absolute Gasteiger partial charge is 0.186 e. The van der Waals surface area contributed by atoms with Crippen molar-refractivity contribution < 1.29 is 9.47 Å². The average Bonchev–Trinajstić information content (AvgIpc) is 2.81. The SMILES string of the molecule is COCCN(CCOC)c1nc2ccc(I)cc2s1. The molecule has 104 valence electrons. The van der Waals surface area contributed by atoms with Crippen molar-refractivity contribution in [3.05, 3.63) is 21.8 Å². The van der Waals surface area contributed by atoms with Gasteiger partial charge in [0.15, 0.2) is 5.13 Å². The van der Waals surface area contributed by atoms with Gasteiger partial charge < -0.3 is 14.4 Å². The van der Waals surface area contributed by atoms with Crippen molar-refractivity contribution in [2.45, 2.75) is 0 Å². The first-order valence-corrected chi connectivity index (χ1v) is 7.93. The van der Waals surface area contributed by atoms with Crippen LogP contribution in [0.2, 0.25) is 0 Å². The van der Waals surface area contributed by atoms with E-state index in [2.05, 4.69) is 50.7 Å². The Bertz CT molecular complexity index is 524. The van der Waals surface area contributed by atoms with Gasteiger partial charge in [0.05, 0.1) is 23.4 Å². The van der Waals surface area contributed by atoms with E-state index in [0.29, 0.717) is 13.2 Å². The van der Waals surface area contributed by atoms with Crippen molar-refractivity contribution >= 4 is 49.3 Å². The van der Waals surface area contributed by atoms with Crippen LogP contribution < -0.4 is 4.90 Å². The summed E-state index contributed by atoms with van der Waals surface area (Å²) in [6.45, 7) is 3.04. The van der Waals surface area contributed by atoms with Crippen LogP contribution >= 0.6 is 33.9 Å². The zero-order valence-corrected chi connectivity index (χ0v) is 14.0. The Morgan fingerprint density at radius 1 is 1.21 bits per heavy atom. The fourth-order valence-electron chi connectivity index (χ4n) is 1.73. The van der Waals surface area contributed by atoms with Crippen LogP contribution in [0.1, 0.15) is 0 Å². The molecule has 0 amide bonds. The van der Waals surface area contributed by atoms with Crippen molar-refractivity contribution in [1.29, 1.82) is 0 Å². The molecule has 0 N–H and O–H groups in total. The molecule has 2 rings (SSSR count). The van der Waals surface area contributed by atoms with Crippen molar-refractivity contribution in [3.63, 3.8) is 0 Å². The molecule has 0 fully saturated rings. The van der Waals surface area contributed by atoms with E-state index in [1.165, 1.54) is 8.27 Å². The Hall–Kier alpha value is -0.440. The van der Waals surface area contributed by atoms with E-state index in [0.717, 1.165) is 23.7 Å². The van der Waals surface area contributed by atoms with Crippen LogP contribution in [0.25, 0.3) is 10.2 Å². The molecule has 0 aliphatic rings. The molecule has 2 aromatic rings. The quantitative estimate of drug-likeness (QED) is 0.679. The fraction of sp³-hybridized carbons (Fsp3) is 0.462. The summed E-state index contributed by atoms with van der Waals surface area (Å²) in [6.07, 6.45) is 0. The van der Waals surface area contributed by atoms with Gasteiger partial charge in [-0.05, 0) is 40.8 Å². The fourth-order valence-corrected chi connectivity index (χ4v) is 3.49. The first-order valence-electron chi connectivity index (χ1n) is 6.03. The highest BCUT2D eigenvalue weighted by Crippen LogP contribution is 2.29. The number of rotatable bonds is 7. The first-order chi connectivity index (χ1) is 9.24. The molecule has 6 heteroatoms. The van der Waals surface area contributed by atoms with E-state index in [4.69, 9.17) is 9.47 Å². The van der Waals surface area contributed by atoms with Gasteiger partial charge in [-0.3, -0.25) is 0 Å². The molecule has 0 saturated carbocycles. The first kappa shape index (κ1) is 15.0. The second kappa shape index (κ2) is 7.37. The molecule has 0 aliphatic heterocycles. The number of benzene rings is 1. The highest BCUT2D eigenvalue weighted by molar-refractivity contribution is 14.1. The van der Waals surface area contributed by atoms with Gasteiger partial charge in [-0.25, -0.2) is 4.98 Å². The standard InChI is InChI=1S/C13H17IN2O2S/c1-17-7-5-16(6-8-18-2)13-15-11-4-3-10(14)9-12(11)19-13/h3-4,9H,5-8H2,1-2H3. The average molecular weight is 392 g/mol. The normalized spacial score (nSPS) is 11.1. The molecule has 0 atom stereocenters. The summed E-state index contributed by atoms with van der Waals surface area (Å²) >= 11 is 4.04. The van der Waals surface area contributed by atoms with E-state index < -0.39 is 0 Å². The van der Waals surface area contributed by atoms with Crippen LogP contribution in [0.3, 0.4) is 0 Å². The predicted octanol–water partition coefficient (Wildman–Crippen LogP) is 3.00. The van der Waals surface area contributed by atoms with E-state index >= 15 is 0 Å². The lowest BCUT2D eigenvalue weighted by molar-refractivity contribution is 0.190. The van der Waals surface area contributed by atoms with Crippen LogP contribution in [-0.4, -0.2) is 45.5 Å². The Labute approximate surface area is 130 Å². The number of anilines is 1. The van der Waals surface area contributed by atoms with Gasteiger partial charge in [-0.1, -0.05) is 11.3 Å². The molecule has 1 aromatic carbocycles. The largest absolute Gasteiger partial charge is 0.383 e. The van der Waals surface area contributed by atoms with Gasteiger partial charge in [0, 0.05) is 30.9 Å². The highest BCUT2D eigenvalue weighted by Gasteiger charge is 2.12. The van der Waals surface area contributed by atoms with E-state index in [-0.39, 0.29) is 0 Å². The van der Waals surface area contributed by atoms with Crippen molar-refractivity contribution in [1.82, 2.24) is 4.98 Å². The number of hydrogen-bond donors (Lipinski definition) is 0. The van der Waals surface area contributed by atoms with Gasteiger partial charge >= 0.3 is 0 Å². The number of nitrogens with zero attached hydrogens (tertiary/aromatic N) is 2. The third kappa shape index (κ3) is 4.01. The second-order valence-corrected chi connectivity index (χ2v) is 6.34. The lowest BCUT2D eigenvalue weighted by Crippen LogP contribution is -2.30. The number of ether oxygens (including phenoxy) is 2. The number of thiazole rings is 1. The maximum atomic E-state index is 5.16. The number of halogens is 1. The third-order valence-electron chi connectivity index (χ3n) is 2.74. The van der Waals surface area contributed by atoms with Gasteiger partial charge in [0.2, 0.25) is 0 Å². The Morgan fingerprint density at radius 2 is 1.89 bits per heavy atom. The van der Waals surface area contributed by atoms with E-state index in [1.807, 2.05) is 0 Å². The summed E-state index contributed by atoms with van der Waals surface area (Å²) < 4.78 is 12.8. The summed E-state index contributed by atoms with van der Waals surface area (Å²) in [7, 11) is 3.43. The Kier molecular flexibility index (Phi) is 5.80. The molecule has 1 aromatic heterocycles. The van der Waals surface area contributed by atoms with E-state index in [9.17, 15) is 0 Å². The molecule has 0 radical (unpaired) electrons. The molecule has 19 heavy (non-hydrogen) atoms. The van der Waals surface area contributed by atoms with Crippen molar-refractivity contribution in [2.24, 2.45) is 0 Å². The molecule has 0 aliphatic carbocycles. The van der Waals surface area contributed by atoms with Crippen LogP contribution in [0.15, 0.2) is 18.2 Å². The summed E-state index contributed by atoms with van der Waals surface area (Å²) in [6, 6.07) is 6.32. The third-order valence-corrected chi connectivity index (χ3v) is 4.49. The lowest BCUT2D eigenvalue weighted by Gasteiger charge is -2.20. The molecular formula is C13H17IN2O2S. The van der Waals surface area contributed by atoms with Crippen LogP contribution in [0.5, 0.6) is 0 Å². The maximum absolute atomic E-state index is 5.16. The maximum Gasteiger partial charge on any atom is 0.186 e. The number of methoxy groups -OCH3 is 2. The monoisotopic (exact) mass is 392 g/mol. The molecule has 0 bridgehead atoms. The molecule has 1 heterocycles. The van der Waals surface area contributed by atoms with Crippen LogP contribution in [0.4, 0.5) is 5.13 Å². The predicted molar refractivity (Wildman–Crippen MR) is 88.3 cm³/mol.